The number of hydrogen-bond donors (Lipinski definition) is 3. The first-order valence-corrected chi connectivity index (χ1v) is 9.75. The molecule has 33 heavy (non-hydrogen) atoms. The summed E-state index contributed by atoms with van der Waals surface area (Å²) in [4.78, 5) is 30.2. The van der Waals surface area contributed by atoms with E-state index >= 15 is 0 Å². The van der Waals surface area contributed by atoms with Crippen LogP contribution in [0, 0.1) is 11.6 Å². The lowest BCUT2D eigenvalue weighted by atomic mass is 10.0. The number of nitrogens with zero attached hydrogens (tertiary/aromatic N) is 3. The number of carboxylic acid groups (broad SMARTS) is 1. The molecule has 0 bridgehead atoms. The molecule has 4 rings (SSSR count). The normalized spacial score (nSPS) is 12.0. The highest BCUT2D eigenvalue weighted by atomic mass is 19.2. The number of H-pyrrole nitrogens is 2. The van der Waals surface area contributed by atoms with Gasteiger partial charge in [0.25, 0.3) is 5.56 Å². The summed E-state index contributed by atoms with van der Waals surface area (Å²) in [7, 11) is 0. The average molecular weight is 457 g/mol. The first kappa shape index (κ1) is 21.9. The number of hydrogen-bond acceptors (Lipinski definition) is 7. The van der Waals surface area contributed by atoms with Crippen molar-refractivity contribution in [3.8, 4) is 34.0 Å². The van der Waals surface area contributed by atoms with Crippen LogP contribution in [0.5, 0.6) is 11.5 Å². The minimum atomic E-state index is -1.38. The van der Waals surface area contributed by atoms with Crippen molar-refractivity contribution in [2.45, 2.75) is 20.0 Å². The van der Waals surface area contributed by atoms with Crippen molar-refractivity contribution in [3.63, 3.8) is 0 Å². The predicted molar refractivity (Wildman–Crippen MR) is 112 cm³/mol. The Labute approximate surface area is 184 Å². The molecule has 2 heterocycles. The van der Waals surface area contributed by atoms with Gasteiger partial charge in [0.05, 0.1) is 12.2 Å². The number of aromatic nitrogens is 5. The van der Waals surface area contributed by atoms with E-state index in [9.17, 15) is 18.4 Å². The summed E-state index contributed by atoms with van der Waals surface area (Å²) in [5.41, 5.74) is 0.843. The SMILES string of the molecule is CCOc1cc(-c2cc(F)c(F)c(O[C@@H](C)C(=O)O)c2)ccc1-c1nc2[nH]nnc2c(=O)[nH]1. The Morgan fingerprint density at radius 3 is 2.67 bits per heavy atom. The zero-order valence-corrected chi connectivity index (χ0v) is 17.3. The molecular weight excluding hydrogens is 440 g/mol. The number of benzene rings is 2. The number of rotatable bonds is 7. The third kappa shape index (κ3) is 4.22. The van der Waals surface area contributed by atoms with Crippen molar-refractivity contribution in [3.05, 3.63) is 52.3 Å². The lowest BCUT2D eigenvalue weighted by molar-refractivity contribution is -0.144. The Morgan fingerprint density at radius 1 is 1.18 bits per heavy atom. The van der Waals surface area contributed by atoms with Gasteiger partial charge in [0, 0.05) is 0 Å². The van der Waals surface area contributed by atoms with E-state index in [0.717, 1.165) is 6.07 Å². The summed E-state index contributed by atoms with van der Waals surface area (Å²) in [5, 5.41) is 18.8. The molecule has 0 aliphatic heterocycles. The minimum Gasteiger partial charge on any atom is -0.493 e. The maximum Gasteiger partial charge on any atom is 0.344 e. The van der Waals surface area contributed by atoms with E-state index in [4.69, 9.17) is 14.6 Å². The molecule has 4 aromatic rings. The van der Waals surface area contributed by atoms with Gasteiger partial charge in [-0.3, -0.25) is 4.79 Å². The Hall–Kier alpha value is -4.35. The zero-order chi connectivity index (χ0) is 23.7. The Balaban J connectivity index is 1.80. The fourth-order valence-corrected chi connectivity index (χ4v) is 3.12. The van der Waals surface area contributed by atoms with E-state index in [-0.39, 0.29) is 29.2 Å². The molecule has 10 nitrogen and oxygen atoms in total. The molecule has 0 radical (unpaired) electrons. The standard InChI is InChI=1S/C21H17F2N5O5/c1-3-32-14-7-10(11-6-13(22)16(23)15(8-11)33-9(2)21(30)31)4-5-12(14)18-24-19-17(20(29)25-18)26-28-27-19/h4-9H,3H2,1-2H3,(H,30,31)(H2,24,25,26,27,28,29)/t9-/m0/s1. The Kier molecular flexibility index (Phi) is 5.73. The van der Waals surface area contributed by atoms with E-state index in [1.807, 2.05) is 0 Å². The highest BCUT2D eigenvalue weighted by Crippen LogP contribution is 2.35. The van der Waals surface area contributed by atoms with Gasteiger partial charge in [-0.05, 0) is 49.2 Å². The second-order valence-electron chi connectivity index (χ2n) is 6.94. The molecule has 1 atom stereocenters. The number of aliphatic carboxylic acids is 1. The van der Waals surface area contributed by atoms with Gasteiger partial charge in [0.2, 0.25) is 5.82 Å². The van der Waals surface area contributed by atoms with E-state index in [1.54, 1.807) is 25.1 Å². The van der Waals surface area contributed by atoms with Crippen molar-refractivity contribution in [1.29, 1.82) is 0 Å². The van der Waals surface area contributed by atoms with Gasteiger partial charge in [-0.2, -0.15) is 4.39 Å². The maximum absolute atomic E-state index is 14.2. The smallest absolute Gasteiger partial charge is 0.344 e. The van der Waals surface area contributed by atoms with Crippen LogP contribution < -0.4 is 15.0 Å². The van der Waals surface area contributed by atoms with Crippen molar-refractivity contribution in [2.24, 2.45) is 0 Å². The van der Waals surface area contributed by atoms with Crippen molar-refractivity contribution in [2.75, 3.05) is 6.61 Å². The molecule has 0 saturated heterocycles. The molecule has 3 N–H and O–H groups in total. The molecule has 12 heteroatoms. The first-order valence-electron chi connectivity index (χ1n) is 9.75. The summed E-state index contributed by atoms with van der Waals surface area (Å²) >= 11 is 0. The van der Waals surface area contributed by atoms with Crippen LogP contribution in [0.3, 0.4) is 0 Å². The van der Waals surface area contributed by atoms with Crippen LogP contribution in [0.15, 0.2) is 35.1 Å². The van der Waals surface area contributed by atoms with Gasteiger partial charge in [0.1, 0.15) is 11.6 Å². The van der Waals surface area contributed by atoms with Gasteiger partial charge < -0.3 is 19.6 Å². The summed E-state index contributed by atoms with van der Waals surface area (Å²) in [5.74, 6) is -3.85. The van der Waals surface area contributed by atoms with E-state index in [0.29, 0.717) is 16.9 Å². The highest BCUT2D eigenvalue weighted by Gasteiger charge is 2.20. The largest absolute Gasteiger partial charge is 0.493 e. The third-order valence-electron chi connectivity index (χ3n) is 4.72. The second-order valence-corrected chi connectivity index (χ2v) is 6.94. The number of nitrogens with one attached hydrogen (secondary N) is 2. The number of carboxylic acids is 1. The van der Waals surface area contributed by atoms with Crippen molar-refractivity contribution in [1.82, 2.24) is 25.4 Å². The molecular formula is C21H17F2N5O5. The third-order valence-corrected chi connectivity index (χ3v) is 4.72. The highest BCUT2D eigenvalue weighted by molar-refractivity contribution is 5.77. The molecule has 0 unspecified atom stereocenters. The van der Waals surface area contributed by atoms with E-state index in [2.05, 4.69) is 25.4 Å². The number of fused-ring (bicyclic) bond motifs is 1. The average Bonchev–Trinajstić information content (AvgIpc) is 3.26. The number of ether oxygens (including phenoxy) is 2. The molecule has 0 saturated carbocycles. The van der Waals surface area contributed by atoms with Crippen LogP contribution in [0.4, 0.5) is 8.78 Å². The minimum absolute atomic E-state index is 0.0539. The summed E-state index contributed by atoms with van der Waals surface area (Å²) < 4.78 is 39.1. The van der Waals surface area contributed by atoms with Crippen LogP contribution in [-0.2, 0) is 4.79 Å². The first-order chi connectivity index (χ1) is 15.8. The van der Waals surface area contributed by atoms with Gasteiger partial charge in [-0.25, -0.2) is 19.3 Å². The van der Waals surface area contributed by atoms with Gasteiger partial charge in [-0.1, -0.05) is 11.3 Å². The molecule has 0 fully saturated rings. The monoisotopic (exact) mass is 457 g/mol. The number of carbonyl (C=O) groups is 1. The fraction of sp³-hybridized carbons (Fsp3) is 0.190. The van der Waals surface area contributed by atoms with Crippen molar-refractivity contribution >= 4 is 17.1 Å². The maximum atomic E-state index is 14.2. The van der Waals surface area contributed by atoms with Gasteiger partial charge in [-0.15, -0.1) is 5.10 Å². The molecule has 0 aliphatic carbocycles. The van der Waals surface area contributed by atoms with Crippen LogP contribution in [0.2, 0.25) is 0 Å². The van der Waals surface area contributed by atoms with E-state index < -0.39 is 35.0 Å². The quantitative estimate of drug-likeness (QED) is 0.384. The fourth-order valence-electron chi connectivity index (χ4n) is 3.12. The second kappa shape index (κ2) is 8.65. The number of aromatic amines is 2. The van der Waals surface area contributed by atoms with E-state index in [1.165, 1.54) is 13.0 Å². The lowest BCUT2D eigenvalue weighted by Gasteiger charge is -2.15. The van der Waals surface area contributed by atoms with Gasteiger partial charge >= 0.3 is 5.97 Å². The van der Waals surface area contributed by atoms with Crippen LogP contribution in [0.1, 0.15) is 13.8 Å². The number of halogens is 2. The molecule has 0 spiro atoms. The Morgan fingerprint density at radius 2 is 1.94 bits per heavy atom. The summed E-state index contributed by atoms with van der Waals surface area (Å²) in [6, 6.07) is 6.90. The Bertz CT molecular complexity index is 1420. The molecule has 0 amide bonds. The molecule has 0 aliphatic rings. The predicted octanol–water partition coefficient (Wildman–Crippen LogP) is 2.90. The van der Waals surface area contributed by atoms with Crippen LogP contribution >= 0.6 is 0 Å². The lowest BCUT2D eigenvalue weighted by Crippen LogP contribution is -2.23. The zero-order valence-electron chi connectivity index (χ0n) is 17.3. The summed E-state index contributed by atoms with van der Waals surface area (Å²) in [6.45, 7) is 3.23. The molecule has 2 aromatic carbocycles. The van der Waals surface area contributed by atoms with Crippen LogP contribution in [-0.4, -0.2) is 49.2 Å². The molecule has 2 aromatic heterocycles. The van der Waals surface area contributed by atoms with Crippen molar-refractivity contribution < 1.29 is 28.2 Å². The van der Waals surface area contributed by atoms with Crippen LogP contribution in [0.25, 0.3) is 33.7 Å². The topological polar surface area (TPSA) is 143 Å². The molecule has 170 valence electrons. The summed E-state index contributed by atoms with van der Waals surface area (Å²) in [6.07, 6.45) is -1.38. The van der Waals surface area contributed by atoms with Gasteiger partial charge in [0.15, 0.2) is 28.8 Å².